The van der Waals surface area contributed by atoms with Crippen LogP contribution in [0.2, 0.25) is 0 Å². The molecule has 0 unspecified atom stereocenters. The van der Waals surface area contributed by atoms with E-state index in [1.54, 1.807) is 6.92 Å². The summed E-state index contributed by atoms with van der Waals surface area (Å²) in [6.45, 7) is 1.63. The van der Waals surface area contributed by atoms with E-state index in [2.05, 4.69) is 4.74 Å². The Hall–Kier alpha value is -1.92. The number of benzene rings is 1. The van der Waals surface area contributed by atoms with Crippen LogP contribution in [0.4, 0.5) is 17.6 Å². The standard InChI is InChI=1S/C11H8F4O3/c1-2-3-7(16)18-11(17)5-4-6(12)9(14)10(15)8(5)13/h4H,2-3H2,1H3. The lowest BCUT2D eigenvalue weighted by Crippen LogP contribution is -2.15. The highest BCUT2D eigenvalue weighted by atomic mass is 19.2. The molecule has 0 saturated carbocycles. The van der Waals surface area contributed by atoms with Gasteiger partial charge in [0.1, 0.15) is 5.56 Å². The smallest absolute Gasteiger partial charge is 0.349 e. The van der Waals surface area contributed by atoms with E-state index in [1.807, 2.05) is 0 Å². The molecule has 0 heterocycles. The first-order chi connectivity index (χ1) is 8.38. The number of esters is 2. The van der Waals surface area contributed by atoms with Gasteiger partial charge in [-0.15, -0.1) is 0 Å². The van der Waals surface area contributed by atoms with Gasteiger partial charge < -0.3 is 4.74 Å². The zero-order valence-corrected chi connectivity index (χ0v) is 9.23. The van der Waals surface area contributed by atoms with Crippen molar-refractivity contribution in [3.8, 4) is 0 Å². The van der Waals surface area contributed by atoms with Crippen molar-refractivity contribution in [3.63, 3.8) is 0 Å². The first-order valence-corrected chi connectivity index (χ1v) is 4.96. The first kappa shape index (κ1) is 14.1. The van der Waals surface area contributed by atoms with Gasteiger partial charge in [-0.25, -0.2) is 22.4 Å². The number of ether oxygens (including phenoxy) is 1. The van der Waals surface area contributed by atoms with Crippen molar-refractivity contribution in [2.24, 2.45) is 0 Å². The predicted octanol–water partition coefficient (Wildman–Crippen LogP) is 2.73. The molecule has 1 rings (SSSR count). The fourth-order valence-corrected chi connectivity index (χ4v) is 1.13. The molecule has 0 aliphatic carbocycles. The van der Waals surface area contributed by atoms with E-state index < -0.39 is 40.8 Å². The molecular formula is C11H8F4O3. The fraction of sp³-hybridized carbons (Fsp3) is 0.273. The second-order valence-corrected chi connectivity index (χ2v) is 3.36. The van der Waals surface area contributed by atoms with Gasteiger partial charge in [-0.2, -0.15) is 0 Å². The van der Waals surface area contributed by atoms with Crippen molar-refractivity contribution >= 4 is 11.9 Å². The van der Waals surface area contributed by atoms with Gasteiger partial charge in [0, 0.05) is 6.42 Å². The number of carbonyl (C=O) groups is 2. The molecule has 0 radical (unpaired) electrons. The summed E-state index contributed by atoms with van der Waals surface area (Å²) >= 11 is 0. The lowest BCUT2D eigenvalue weighted by Gasteiger charge is -2.05. The molecule has 0 bridgehead atoms. The molecule has 0 spiro atoms. The van der Waals surface area contributed by atoms with Crippen LogP contribution in [0.5, 0.6) is 0 Å². The van der Waals surface area contributed by atoms with Gasteiger partial charge in [0.2, 0.25) is 0 Å². The van der Waals surface area contributed by atoms with E-state index >= 15 is 0 Å². The van der Waals surface area contributed by atoms with Crippen LogP contribution < -0.4 is 0 Å². The molecule has 3 nitrogen and oxygen atoms in total. The van der Waals surface area contributed by atoms with Crippen LogP contribution >= 0.6 is 0 Å². The Morgan fingerprint density at radius 2 is 1.72 bits per heavy atom. The molecule has 18 heavy (non-hydrogen) atoms. The monoisotopic (exact) mass is 264 g/mol. The summed E-state index contributed by atoms with van der Waals surface area (Å²) in [7, 11) is 0. The van der Waals surface area contributed by atoms with Crippen LogP contribution in [0.3, 0.4) is 0 Å². The molecule has 7 heteroatoms. The fourth-order valence-electron chi connectivity index (χ4n) is 1.13. The second-order valence-electron chi connectivity index (χ2n) is 3.36. The van der Waals surface area contributed by atoms with E-state index in [9.17, 15) is 27.2 Å². The quantitative estimate of drug-likeness (QED) is 0.277. The highest BCUT2D eigenvalue weighted by Gasteiger charge is 2.25. The zero-order valence-electron chi connectivity index (χ0n) is 9.23. The summed E-state index contributed by atoms with van der Waals surface area (Å²) in [5, 5.41) is 0. The number of carbonyl (C=O) groups excluding carboxylic acids is 2. The van der Waals surface area contributed by atoms with E-state index in [1.165, 1.54) is 0 Å². The molecule has 0 aliphatic rings. The van der Waals surface area contributed by atoms with Crippen LogP contribution in [0.25, 0.3) is 0 Å². The average molecular weight is 264 g/mol. The van der Waals surface area contributed by atoms with Crippen LogP contribution in [0, 0.1) is 23.3 Å². The van der Waals surface area contributed by atoms with E-state index in [-0.39, 0.29) is 12.5 Å². The predicted molar refractivity (Wildman–Crippen MR) is 51.6 cm³/mol. The molecule has 1 aromatic rings. The molecule has 0 atom stereocenters. The highest BCUT2D eigenvalue weighted by molar-refractivity contribution is 5.97. The summed E-state index contributed by atoms with van der Waals surface area (Å²) in [6.07, 6.45) is 0.264. The third-order valence-electron chi connectivity index (χ3n) is 1.98. The minimum atomic E-state index is -2.13. The Bertz CT molecular complexity index is 500. The van der Waals surface area contributed by atoms with E-state index in [0.29, 0.717) is 6.42 Å². The Labute approximate surface area is 99.4 Å². The normalized spacial score (nSPS) is 10.3. The maximum Gasteiger partial charge on any atom is 0.349 e. The van der Waals surface area contributed by atoms with Crippen molar-refractivity contribution in [3.05, 3.63) is 34.9 Å². The van der Waals surface area contributed by atoms with Gasteiger partial charge in [0.25, 0.3) is 0 Å². The number of hydrogen-bond acceptors (Lipinski definition) is 3. The molecule has 0 aliphatic heterocycles. The zero-order chi connectivity index (χ0) is 13.9. The molecule has 0 N–H and O–H groups in total. The average Bonchev–Trinajstić information content (AvgIpc) is 2.31. The molecule has 98 valence electrons. The largest absolute Gasteiger partial charge is 0.389 e. The Balaban J connectivity index is 3.04. The molecule has 0 fully saturated rings. The lowest BCUT2D eigenvalue weighted by molar-refractivity contribution is -0.138. The summed E-state index contributed by atoms with van der Waals surface area (Å²) in [5.41, 5.74) is -1.17. The van der Waals surface area contributed by atoms with Gasteiger partial charge in [0.05, 0.1) is 0 Å². The van der Waals surface area contributed by atoms with Crippen molar-refractivity contribution in [1.29, 1.82) is 0 Å². The van der Waals surface area contributed by atoms with E-state index in [0.717, 1.165) is 0 Å². The maximum atomic E-state index is 13.1. The van der Waals surface area contributed by atoms with Crippen LogP contribution in [0.1, 0.15) is 30.1 Å². The Morgan fingerprint density at radius 3 is 2.28 bits per heavy atom. The molecule has 0 saturated heterocycles. The maximum absolute atomic E-state index is 13.1. The first-order valence-electron chi connectivity index (χ1n) is 4.96. The number of hydrogen-bond donors (Lipinski definition) is 0. The van der Waals surface area contributed by atoms with Crippen LogP contribution in [-0.2, 0) is 9.53 Å². The summed E-state index contributed by atoms with van der Waals surface area (Å²) in [4.78, 5) is 22.2. The third-order valence-corrected chi connectivity index (χ3v) is 1.98. The Morgan fingerprint density at radius 1 is 1.11 bits per heavy atom. The molecule has 0 aromatic heterocycles. The summed E-state index contributed by atoms with van der Waals surface area (Å²) < 4.78 is 55.5. The topological polar surface area (TPSA) is 43.4 Å². The molecule has 0 amide bonds. The summed E-state index contributed by atoms with van der Waals surface area (Å²) in [5.74, 6) is -10.4. The van der Waals surface area contributed by atoms with Gasteiger partial charge in [-0.3, -0.25) is 4.79 Å². The second kappa shape index (κ2) is 5.61. The SMILES string of the molecule is CCCC(=O)OC(=O)c1cc(F)c(F)c(F)c1F. The van der Waals surface area contributed by atoms with Gasteiger partial charge in [0.15, 0.2) is 23.3 Å². The minimum absolute atomic E-state index is 0.112. The number of rotatable bonds is 3. The highest BCUT2D eigenvalue weighted by Crippen LogP contribution is 2.19. The van der Waals surface area contributed by atoms with Gasteiger partial charge >= 0.3 is 11.9 Å². The van der Waals surface area contributed by atoms with E-state index in [4.69, 9.17) is 0 Å². The van der Waals surface area contributed by atoms with Gasteiger partial charge in [-0.05, 0) is 12.5 Å². The Kier molecular flexibility index (Phi) is 4.41. The van der Waals surface area contributed by atoms with Crippen molar-refractivity contribution in [2.75, 3.05) is 0 Å². The van der Waals surface area contributed by atoms with Crippen LogP contribution in [0.15, 0.2) is 6.07 Å². The lowest BCUT2D eigenvalue weighted by atomic mass is 10.2. The third kappa shape index (κ3) is 2.85. The van der Waals surface area contributed by atoms with Crippen molar-refractivity contribution in [2.45, 2.75) is 19.8 Å². The van der Waals surface area contributed by atoms with Crippen LogP contribution in [-0.4, -0.2) is 11.9 Å². The number of halogens is 4. The molecule has 1 aromatic carbocycles. The van der Waals surface area contributed by atoms with Gasteiger partial charge in [-0.1, -0.05) is 6.92 Å². The summed E-state index contributed by atoms with van der Waals surface area (Å²) in [6, 6.07) is 0.134. The van der Waals surface area contributed by atoms with Crippen molar-refractivity contribution in [1.82, 2.24) is 0 Å². The molecular weight excluding hydrogens is 256 g/mol. The van der Waals surface area contributed by atoms with Crippen molar-refractivity contribution < 1.29 is 31.9 Å². The minimum Gasteiger partial charge on any atom is -0.389 e.